The third-order valence-corrected chi connectivity index (χ3v) is 1.75. The van der Waals surface area contributed by atoms with Gasteiger partial charge in [0.2, 0.25) is 5.76 Å². The number of carbonyl (C=O) groups is 1. The van der Waals surface area contributed by atoms with Crippen molar-refractivity contribution in [3.63, 3.8) is 0 Å². The van der Waals surface area contributed by atoms with Crippen LogP contribution in [0.5, 0.6) is 0 Å². The summed E-state index contributed by atoms with van der Waals surface area (Å²) in [4.78, 5) is 11.2. The molecule has 0 bridgehead atoms. The zero-order chi connectivity index (χ0) is 9.84. The number of hydrogen-bond acceptors (Lipinski definition) is 4. The van der Waals surface area contributed by atoms with E-state index < -0.39 is 12.3 Å². The molecule has 0 aliphatic carbocycles. The van der Waals surface area contributed by atoms with Crippen molar-refractivity contribution in [3.05, 3.63) is 11.8 Å². The van der Waals surface area contributed by atoms with Gasteiger partial charge in [-0.2, -0.15) is 0 Å². The van der Waals surface area contributed by atoms with Gasteiger partial charge in [0.05, 0.1) is 6.61 Å². The summed E-state index contributed by atoms with van der Waals surface area (Å²) >= 11 is 0. The van der Waals surface area contributed by atoms with Crippen LogP contribution in [0.4, 0.5) is 0 Å². The predicted octanol–water partition coefficient (Wildman–Crippen LogP) is 0.808. The standard InChI is InChI=1S/C9H14O4/c1-3-12-9(11)7-4-6(2)5-8(10)13-7/h4,6,8,10H,3,5H2,1-2H3/t6-,8?/m0/s1. The van der Waals surface area contributed by atoms with Crippen LogP contribution in [0.3, 0.4) is 0 Å². The normalized spacial score (nSPS) is 27.5. The molecule has 0 fully saturated rings. The molecular formula is C9H14O4. The first-order valence-electron chi connectivity index (χ1n) is 4.37. The molecule has 0 aromatic rings. The molecule has 0 saturated carbocycles. The number of allylic oxidation sites excluding steroid dienone is 1. The summed E-state index contributed by atoms with van der Waals surface area (Å²) in [6.45, 7) is 3.94. The predicted molar refractivity (Wildman–Crippen MR) is 45.6 cm³/mol. The maximum absolute atomic E-state index is 11.2. The van der Waals surface area contributed by atoms with Gasteiger partial charge in [-0.3, -0.25) is 0 Å². The topological polar surface area (TPSA) is 55.8 Å². The highest BCUT2D eigenvalue weighted by atomic mass is 16.6. The van der Waals surface area contributed by atoms with Crippen LogP contribution in [-0.2, 0) is 14.3 Å². The van der Waals surface area contributed by atoms with Crippen molar-refractivity contribution in [1.29, 1.82) is 0 Å². The highest BCUT2D eigenvalue weighted by Crippen LogP contribution is 2.20. The van der Waals surface area contributed by atoms with Crippen LogP contribution in [-0.4, -0.2) is 24.0 Å². The van der Waals surface area contributed by atoms with Crippen molar-refractivity contribution in [3.8, 4) is 0 Å². The van der Waals surface area contributed by atoms with Crippen molar-refractivity contribution in [2.45, 2.75) is 26.6 Å². The number of rotatable bonds is 2. The number of esters is 1. The van der Waals surface area contributed by atoms with E-state index >= 15 is 0 Å². The van der Waals surface area contributed by atoms with Crippen LogP contribution in [0.25, 0.3) is 0 Å². The second-order valence-electron chi connectivity index (χ2n) is 3.04. The van der Waals surface area contributed by atoms with E-state index in [1.807, 2.05) is 6.92 Å². The van der Waals surface area contributed by atoms with Crippen molar-refractivity contribution in [2.75, 3.05) is 6.61 Å². The average Bonchev–Trinajstić information content (AvgIpc) is 2.03. The number of aliphatic hydroxyl groups is 1. The summed E-state index contributed by atoms with van der Waals surface area (Å²) in [6, 6.07) is 0. The molecule has 4 heteroatoms. The van der Waals surface area contributed by atoms with Gasteiger partial charge in [-0.05, 0) is 18.9 Å². The summed E-state index contributed by atoms with van der Waals surface area (Å²) in [7, 11) is 0. The molecular weight excluding hydrogens is 172 g/mol. The third kappa shape index (κ3) is 2.73. The van der Waals surface area contributed by atoms with E-state index in [1.165, 1.54) is 0 Å². The Labute approximate surface area is 77.1 Å². The van der Waals surface area contributed by atoms with Crippen LogP contribution < -0.4 is 0 Å². The fourth-order valence-corrected chi connectivity index (χ4v) is 1.20. The second kappa shape index (κ2) is 4.28. The Morgan fingerprint density at radius 1 is 1.85 bits per heavy atom. The van der Waals surface area contributed by atoms with Gasteiger partial charge in [0, 0.05) is 6.42 Å². The maximum atomic E-state index is 11.2. The van der Waals surface area contributed by atoms with Gasteiger partial charge < -0.3 is 14.6 Å². The zero-order valence-electron chi connectivity index (χ0n) is 7.82. The minimum absolute atomic E-state index is 0.119. The summed E-state index contributed by atoms with van der Waals surface area (Å²) in [6.07, 6.45) is 1.30. The fourth-order valence-electron chi connectivity index (χ4n) is 1.20. The van der Waals surface area contributed by atoms with Gasteiger partial charge in [0.15, 0.2) is 6.29 Å². The summed E-state index contributed by atoms with van der Waals surface area (Å²) in [5.41, 5.74) is 0. The van der Waals surface area contributed by atoms with Gasteiger partial charge in [-0.1, -0.05) is 6.92 Å². The number of aliphatic hydroxyl groups excluding tert-OH is 1. The van der Waals surface area contributed by atoms with E-state index in [4.69, 9.17) is 9.47 Å². The largest absolute Gasteiger partial charge is 0.460 e. The average molecular weight is 186 g/mol. The SMILES string of the molecule is CCOC(=O)C1=C[C@H](C)CC(O)O1. The van der Waals surface area contributed by atoms with Crippen LogP contribution in [0.2, 0.25) is 0 Å². The lowest BCUT2D eigenvalue weighted by atomic mass is 10.0. The number of ether oxygens (including phenoxy) is 2. The van der Waals surface area contributed by atoms with Gasteiger partial charge in [0.1, 0.15) is 0 Å². The van der Waals surface area contributed by atoms with Gasteiger partial charge >= 0.3 is 5.97 Å². The second-order valence-corrected chi connectivity index (χ2v) is 3.04. The minimum Gasteiger partial charge on any atom is -0.460 e. The van der Waals surface area contributed by atoms with E-state index in [1.54, 1.807) is 13.0 Å². The quantitative estimate of drug-likeness (QED) is 0.648. The highest BCUT2D eigenvalue weighted by molar-refractivity contribution is 5.86. The molecule has 0 spiro atoms. The van der Waals surface area contributed by atoms with E-state index in [2.05, 4.69) is 0 Å². The molecule has 1 rings (SSSR count). The van der Waals surface area contributed by atoms with Crippen LogP contribution in [0.1, 0.15) is 20.3 Å². The van der Waals surface area contributed by atoms with E-state index in [0.29, 0.717) is 13.0 Å². The lowest BCUT2D eigenvalue weighted by molar-refractivity contribution is -0.152. The van der Waals surface area contributed by atoms with Gasteiger partial charge in [-0.25, -0.2) is 4.79 Å². The van der Waals surface area contributed by atoms with Crippen LogP contribution in [0, 0.1) is 5.92 Å². The van der Waals surface area contributed by atoms with Gasteiger partial charge in [0.25, 0.3) is 0 Å². The zero-order valence-corrected chi connectivity index (χ0v) is 7.82. The molecule has 0 amide bonds. The summed E-state index contributed by atoms with van der Waals surface area (Å²) < 4.78 is 9.65. The minimum atomic E-state index is -0.889. The first-order chi connectivity index (χ1) is 6.13. The van der Waals surface area contributed by atoms with Crippen molar-refractivity contribution < 1.29 is 19.4 Å². The van der Waals surface area contributed by atoms with Gasteiger partial charge in [-0.15, -0.1) is 0 Å². The molecule has 1 aliphatic heterocycles. The molecule has 0 radical (unpaired) electrons. The molecule has 1 heterocycles. The van der Waals surface area contributed by atoms with Crippen molar-refractivity contribution in [1.82, 2.24) is 0 Å². The fraction of sp³-hybridized carbons (Fsp3) is 0.667. The van der Waals surface area contributed by atoms with E-state index in [9.17, 15) is 9.90 Å². The Morgan fingerprint density at radius 3 is 3.08 bits per heavy atom. The molecule has 74 valence electrons. The first kappa shape index (κ1) is 10.1. The molecule has 13 heavy (non-hydrogen) atoms. The maximum Gasteiger partial charge on any atom is 0.373 e. The summed E-state index contributed by atoms with van der Waals surface area (Å²) in [5, 5.41) is 9.20. The Balaban J connectivity index is 2.62. The summed E-state index contributed by atoms with van der Waals surface area (Å²) in [5.74, 6) is -0.246. The molecule has 0 aromatic carbocycles. The molecule has 0 saturated heterocycles. The first-order valence-corrected chi connectivity index (χ1v) is 4.37. The number of carbonyl (C=O) groups excluding carboxylic acids is 1. The van der Waals surface area contributed by atoms with Crippen molar-refractivity contribution in [2.24, 2.45) is 5.92 Å². The lowest BCUT2D eigenvalue weighted by Gasteiger charge is -2.22. The van der Waals surface area contributed by atoms with E-state index in [0.717, 1.165) is 0 Å². The van der Waals surface area contributed by atoms with E-state index in [-0.39, 0.29) is 11.7 Å². The monoisotopic (exact) mass is 186 g/mol. The Morgan fingerprint density at radius 2 is 2.54 bits per heavy atom. The molecule has 1 unspecified atom stereocenters. The molecule has 2 atom stereocenters. The molecule has 1 N–H and O–H groups in total. The Kier molecular flexibility index (Phi) is 3.31. The molecule has 4 nitrogen and oxygen atoms in total. The third-order valence-electron chi connectivity index (χ3n) is 1.75. The number of hydrogen-bond donors (Lipinski definition) is 1. The lowest BCUT2D eigenvalue weighted by Crippen LogP contribution is -2.24. The Bertz CT molecular complexity index is 222. The smallest absolute Gasteiger partial charge is 0.373 e. The van der Waals surface area contributed by atoms with Crippen LogP contribution in [0.15, 0.2) is 11.8 Å². The molecule has 0 aromatic heterocycles. The molecule has 1 aliphatic rings. The Hall–Kier alpha value is -1.03. The van der Waals surface area contributed by atoms with Crippen molar-refractivity contribution >= 4 is 5.97 Å². The van der Waals surface area contributed by atoms with Crippen LogP contribution >= 0.6 is 0 Å². The highest BCUT2D eigenvalue weighted by Gasteiger charge is 2.23.